The van der Waals surface area contributed by atoms with E-state index in [-0.39, 0.29) is 23.8 Å². The molecule has 0 aliphatic heterocycles. The van der Waals surface area contributed by atoms with E-state index in [1.807, 2.05) is 13.0 Å². The fraction of sp³-hybridized carbons (Fsp3) is 0.375. The number of nitrogens with zero attached hydrogens (tertiary/aromatic N) is 3. The van der Waals surface area contributed by atoms with Gasteiger partial charge in [-0.2, -0.15) is 4.98 Å². The lowest BCUT2D eigenvalue weighted by atomic mass is 10.0. The second-order valence-electron chi connectivity index (χ2n) is 8.60. The Bertz CT molecular complexity index is 1270. The molecule has 0 atom stereocenters. The van der Waals surface area contributed by atoms with E-state index in [1.54, 1.807) is 64.1 Å². The monoisotopic (exact) mass is 486 g/mol. The fourth-order valence-electron chi connectivity index (χ4n) is 3.57. The summed E-state index contributed by atoms with van der Waals surface area (Å²) < 4.78 is 38.8. The summed E-state index contributed by atoms with van der Waals surface area (Å²) in [6, 6.07) is 11.9. The Morgan fingerprint density at radius 1 is 1.12 bits per heavy atom. The number of sulfonamides is 1. The molecular formula is C24H30N4O5S. The molecule has 34 heavy (non-hydrogen) atoms. The lowest BCUT2D eigenvalue weighted by Gasteiger charge is -2.27. The zero-order valence-electron chi connectivity index (χ0n) is 20.2. The number of hydrogen-bond acceptors (Lipinski definition) is 7. The minimum absolute atomic E-state index is 0.0604. The van der Waals surface area contributed by atoms with Crippen molar-refractivity contribution in [2.75, 3.05) is 18.0 Å². The maximum Gasteiger partial charge on any atom is 0.264 e. The van der Waals surface area contributed by atoms with Crippen LogP contribution in [0.15, 0.2) is 51.9 Å². The Labute approximate surface area is 200 Å². The minimum Gasteiger partial charge on any atom is -0.497 e. The predicted octanol–water partition coefficient (Wildman–Crippen LogP) is 3.64. The van der Waals surface area contributed by atoms with Crippen LogP contribution in [-0.4, -0.2) is 38.1 Å². The average Bonchev–Trinajstić information content (AvgIpc) is 3.21. The molecule has 3 rings (SSSR count). The van der Waals surface area contributed by atoms with Crippen LogP contribution in [0.5, 0.6) is 5.75 Å². The Hall–Kier alpha value is -3.40. The first kappa shape index (κ1) is 25.2. The third-order valence-corrected chi connectivity index (χ3v) is 7.33. The van der Waals surface area contributed by atoms with Crippen molar-refractivity contribution in [1.29, 1.82) is 0 Å². The molecule has 182 valence electrons. The van der Waals surface area contributed by atoms with Crippen molar-refractivity contribution < 1.29 is 22.5 Å². The number of ether oxygens (including phenoxy) is 1. The minimum atomic E-state index is -3.94. The molecule has 0 fully saturated rings. The Morgan fingerprint density at radius 3 is 2.35 bits per heavy atom. The van der Waals surface area contributed by atoms with Crippen LogP contribution in [0.2, 0.25) is 0 Å². The van der Waals surface area contributed by atoms with Crippen molar-refractivity contribution >= 4 is 21.6 Å². The van der Waals surface area contributed by atoms with Crippen molar-refractivity contribution in [1.82, 2.24) is 15.5 Å². The second-order valence-corrected chi connectivity index (χ2v) is 10.4. The molecule has 0 saturated heterocycles. The first-order valence-electron chi connectivity index (χ1n) is 10.8. The first-order valence-corrected chi connectivity index (χ1v) is 12.2. The van der Waals surface area contributed by atoms with Gasteiger partial charge in [0.05, 0.1) is 23.2 Å². The SMILES string of the molecule is COc1ccc(N(CCC(=O)NC(C)(C)c2noc(C)n2)S(=O)(=O)c2ccc(C)cc2C)cc1. The largest absolute Gasteiger partial charge is 0.497 e. The summed E-state index contributed by atoms with van der Waals surface area (Å²) in [5, 5.41) is 6.73. The zero-order chi connectivity index (χ0) is 25.1. The molecule has 0 aliphatic rings. The molecule has 2 aromatic carbocycles. The van der Waals surface area contributed by atoms with Gasteiger partial charge in [0, 0.05) is 19.9 Å². The Kier molecular flexibility index (Phi) is 7.30. The van der Waals surface area contributed by atoms with Crippen molar-refractivity contribution in [2.24, 2.45) is 0 Å². The lowest BCUT2D eigenvalue weighted by molar-refractivity contribution is -0.122. The summed E-state index contributed by atoms with van der Waals surface area (Å²) in [6.07, 6.45) is -0.0730. The number of aromatic nitrogens is 2. The normalized spacial score (nSPS) is 11.8. The molecule has 0 bridgehead atoms. The quantitative estimate of drug-likeness (QED) is 0.491. The number of methoxy groups -OCH3 is 1. The molecular weight excluding hydrogens is 456 g/mol. The number of carbonyl (C=O) groups is 1. The smallest absolute Gasteiger partial charge is 0.264 e. The number of aryl methyl sites for hydroxylation is 3. The molecule has 10 heteroatoms. The maximum atomic E-state index is 13.7. The van der Waals surface area contributed by atoms with Crippen LogP contribution in [0.1, 0.15) is 43.1 Å². The Morgan fingerprint density at radius 2 is 1.79 bits per heavy atom. The van der Waals surface area contributed by atoms with Gasteiger partial charge in [-0.3, -0.25) is 9.10 Å². The fourth-order valence-corrected chi connectivity index (χ4v) is 5.24. The first-order chi connectivity index (χ1) is 15.9. The van der Waals surface area contributed by atoms with E-state index in [9.17, 15) is 13.2 Å². The molecule has 0 spiro atoms. The number of carbonyl (C=O) groups excluding carboxylic acids is 1. The molecule has 0 saturated carbocycles. The standard InChI is InChI=1S/C24H30N4O5S/c1-16-7-12-21(17(2)15-16)34(30,31)28(19-8-10-20(32-6)11-9-19)14-13-22(29)26-24(4,5)23-25-18(3)33-27-23/h7-12,15H,13-14H2,1-6H3,(H,26,29). The predicted molar refractivity (Wildman–Crippen MR) is 128 cm³/mol. The van der Waals surface area contributed by atoms with Gasteiger partial charge >= 0.3 is 0 Å². The number of rotatable bonds is 9. The van der Waals surface area contributed by atoms with Crippen molar-refractivity contribution in [3.05, 3.63) is 65.3 Å². The van der Waals surface area contributed by atoms with Crippen molar-refractivity contribution in [3.8, 4) is 5.75 Å². The van der Waals surface area contributed by atoms with Crippen LogP contribution < -0.4 is 14.4 Å². The third-order valence-electron chi connectivity index (χ3n) is 5.34. The number of hydrogen-bond donors (Lipinski definition) is 1. The van der Waals surface area contributed by atoms with Crippen LogP contribution in [0.4, 0.5) is 5.69 Å². The molecule has 3 aromatic rings. The lowest BCUT2D eigenvalue weighted by Crippen LogP contribution is -2.43. The van der Waals surface area contributed by atoms with Gasteiger partial charge in [-0.15, -0.1) is 0 Å². The van der Waals surface area contributed by atoms with Gasteiger partial charge in [0.15, 0.2) is 5.82 Å². The highest BCUT2D eigenvalue weighted by Gasteiger charge is 2.30. The summed E-state index contributed by atoms with van der Waals surface area (Å²) in [5.74, 6) is 0.986. The van der Waals surface area contributed by atoms with Gasteiger partial charge in [0.1, 0.15) is 5.75 Å². The third kappa shape index (κ3) is 5.56. The van der Waals surface area contributed by atoms with E-state index in [1.165, 1.54) is 11.4 Å². The molecule has 1 N–H and O–H groups in total. The van der Waals surface area contributed by atoms with Gasteiger partial charge in [0.2, 0.25) is 11.8 Å². The molecule has 1 amide bonds. The van der Waals surface area contributed by atoms with E-state index in [2.05, 4.69) is 15.5 Å². The molecule has 1 heterocycles. The number of amides is 1. The number of nitrogens with one attached hydrogen (secondary N) is 1. The zero-order valence-corrected chi connectivity index (χ0v) is 21.1. The van der Waals surface area contributed by atoms with Gasteiger partial charge in [-0.05, 0) is 63.6 Å². The molecule has 0 radical (unpaired) electrons. The molecule has 0 unspecified atom stereocenters. The molecule has 0 aliphatic carbocycles. The highest BCUT2D eigenvalue weighted by Crippen LogP contribution is 2.28. The van der Waals surface area contributed by atoms with Crippen LogP contribution in [0, 0.1) is 20.8 Å². The van der Waals surface area contributed by atoms with Crippen LogP contribution in [0.25, 0.3) is 0 Å². The van der Waals surface area contributed by atoms with Crippen LogP contribution in [0.3, 0.4) is 0 Å². The summed E-state index contributed by atoms with van der Waals surface area (Å²) >= 11 is 0. The summed E-state index contributed by atoms with van der Waals surface area (Å²) in [6.45, 7) is 8.77. The van der Waals surface area contributed by atoms with Crippen molar-refractivity contribution in [2.45, 2.75) is 51.5 Å². The molecule has 9 nitrogen and oxygen atoms in total. The highest BCUT2D eigenvalue weighted by atomic mass is 32.2. The van der Waals surface area contributed by atoms with Gasteiger partial charge < -0.3 is 14.6 Å². The van der Waals surface area contributed by atoms with Gasteiger partial charge in [0.25, 0.3) is 10.0 Å². The van der Waals surface area contributed by atoms with Gasteiger partial charge in [-0.25, -0.2) is 8.42 Å². The van der Waals surface area contributed by atoms with Crippen LogP contribution in [-0.2, 0) is 20.4 Å². The summed E-state index contributed by atoms with van der Waals surface area (Å²) in [5.41, 5.74) is 1.15. The summed E-state index contributed by atoms with van der Waals surface area (Å²) in [7, 11) is -2.40. The van der Waals surface area contributed by atoms with E-state index in [0.717, 1.165) is 5.56 Å². The summed E-state index contributed by atoms with van der Waals surface area (Å²) in [4.78, 5) is 17.2. The number of benzene rings is 2. The van der Waals surface area contributed by atoms with E-state index in [4.69, 9.17) is 9.26 Å². The van der Waals surface area contributed by atoms with E-state index >= 15 is 0 Å². The Balaban J connectivity index is 1.87. The second kappa shape index (κ2) is 9.84. The van der Waals surface area contributed by atoms with E-state index < -0.39 is 15.6 Å². The van der Waals surface area contributed by atoms with Gasteiger partial charge in [-0.1, -0.05) is 22.9 Å². The van der Waals surface area contributed by atoms with Crippen LogP contribution >= 0.6 is 0 Å². The van der Waals surface area contributed by atoms with E-state index in [0.29, 0.717) is 28.7 Å². The van der Waals surface area contributed by atoms with Crippen molar-refractivity contribution in [3.63, 3.8) is 0 Å². The number of anilines is 1. The highest BCUT2D eigenvalue weighted by molar-refractivity contribution is 7.92. The molecule has 1 aromatic heterocycles. The topological polar surface area (TPSA) is 115 Å². The maximum absolute atomic E-state index is 13.7. The average molecular weight is 487 g/mol.